The van der Waals surface area contributed by atoms with Gasteiger partial charge in [0.15, 0.2) is 5.82 Å². The summed E-state index contributed by atoms with van der Waals surface area (Å²) in [7, 11) is 1.57. The highest BCUT2D eigenvalue weighted by Gasteiger charge is 2.13. The van der Waals surface area contributed by atoms with E-state index >= 15 is 0 Å². The highest BCUT2D eigenvalue weighted by Crippen LogP contribution is 2.27. The molecule has 0 fully saturated rings. The maximum atomic E-state index is 5.12. The predicted octanol–water partition coefficient (Wildman–Crippen LogP) is 3.09. The van der Waals surface area contributed by atoms with Crippen LogP contribution in [0, 0.1) is 0 Å². The molecule has 0 atom stereocenters. The summed E-state index contributed by atoms with van der Waals surface area (Å²) in [5.41, 5.74) is 1.58. The number of aromatic nitrogens is 4. The lowest BCUT2D eigenvalue weighted by Crippen LogP contribution is -2.07. The van der Waals surface area contributed by atoms with Gasteiger partial charge < -0.3 is 10.1 Å². The van der Waals surface area contributed by atoms with Gasteiger partial charge in [-0.2, -0.15) is 0 Å². The fourth-order valence-corrected chi connectivity index (χ4v) is 2.37. The normalized spacial score (nSPS) is 10.5. The Morgan fingerprint density at radius 3 is 2.71 bits per heavy atom. The van der Waals surface area contributed by atoms with E-state index in [4.69, 9.17) is 4.74 Å². The molecule has 6 nitrogen and oxygen atoms in total. The fourth-order valence-electron chi connectivity index (χ4n) is 1.78. The second kappa shape index (κ2) is 7.31. The van der Waals surface area contributed by atoms with Crippen molar-refractivity contribution in [3.63, 3.8) is 0 Å². The molecule has 0 aromatic carbocycles. The van der Waals surface area contributed by atoms with Gasteiger partial charge in [0.05, 0.1) is 17.3 Å². The zero-order valence-electron chi connectivity index (χ0n) is 12.4. The average Bonchev–Trinajstić information content (AvgIpc) is 2.54. The van der Waals surface area contributed by atoms with Gasteiger partial charge in [0.1, 0.15) is 17.8 Å². The van der Waals surface area contributed by atoms with Gasteiger partial charge in [-0.25, -0.2) is 19.9 Å². The lowest BCUT2D eigenvalue weighted by atomic mass is 10.3. The monoisotopic (exact) mass is 351 g/mol. The number of methoxy groups -OCH3 is 1. The molecule has 21 heavy (non-hydrogen) atoms. The molecule has 112 valence electrons. The highest BCUT2D eigenvalue weighted by atomic mass is 79.9. The Morgan fingerprint density at radius 1 is 1.24 bits per heavy atom. The summed E-state index contributed by atoms with van der Waals surface area (Å²) in [5.74, 6) is 1.85. The molecular formula is C14H18BrN5O. The van der Waals surface area contributed by atoms with Crippen LogP contribution in [0.15, 0.2) is 16.9 Å². The quantitative estimate of drug-likeness (QED) is 0.861. The van der Waals surface area contributed by atoms with Crippen molar-refractivity contribution in [1.82, 2.24) is 19.9 Å². The minimum Gasteiger partial charge on any atom is -0.481 e. The third kappa shape index (κ3) is 3.66. The zero-order valence-corrected chi connectivity index (χ0v) is 13.9. The Hall–Kier alpha value is -1.76. The summed E-state index contributed by atoms with van der Waals surface area (Å²) in [5, 5.41) is 3.30. The Bertz CT molecular complexity index is 620. The van der Waals surface area contributed by atoms with Crippen LogP contribution in [0.3, 0.4) is 0 Å². The minimum absolute atomic E-state index is 0.493. The third-order valence-electron chi connectivity index (χ3n) is 2.88. The Kier molecular flexibility index (Phi) is 5.44. The van der Waals surface area contributed by atoms with Crippen LogP contribution in [-0.4, -0.2) is 33.6 Å². The molecule has 2 aromatic rings. The summed E-state index contributed by atoms with van der Waals surface area (Å²) in [6, 6.07) is 1.73. The molecule has 0 amide bonds. The molecule has 0 aliphatic rings. The molecule has 1 N–H and O–H groups in total. The lowest BCUT2D eigenvalue weighted by molar-refractivity contribution is 0.397. The van der Waals surface area contributed by atoms with Crippen LogP contribution in [0.25, 0.3) is 11.5 Å². The molecule has 0 saturated carbocycles. The third-order valence-corrected chi connectivity index (χ3v) is 3.71. The largest absolute Gasteiger partial charge is 0.481 e. The number of ether oxygens (including phenoxy) is 1. The van der Waals surface area contributed by atoms with Crippen molar-refractivity contribution in [3.05, 3.63) is 22.6 Å². The molecule has 0 spiro atoms. The van der Waals surface area contributed by atoms with E-state index in [9.17, 15) is 0 Å². The number of nitrogens with zero attached hydrogens (tertiary/aromatic N) is 4. The fraction of sp³-hybridized carbons (Fsp3) is 0.429. The van der Waals surface area contributed by atoms with Gasteiger partial charge in [0.2, 0.25) is 5.88 Å². The highest BCUT2D eigenvalue weighted by molar-refractivity contribution is 9.10. The van der Waals surface area contributed by atoms with Gasteiger partial charge in [-0.05, 0) is 28.8 Å². The number of nitrogens with one attached hydrogen (secondary N) is 1. The van der Waals surface area contributed by atoms with Crippen LogP contribution >= 0.6 is 15.9 Å². The maximum absolute atomic E-state index is 5.12. The number of rotatable bonds is 6. The molecule has 0 unspecified atom stereocenters. The second-order valence-corrected chi connectivity index (χ2v) is 5.18. The molecule has 0 bridgehead atoms. The van der Waals surface area contributed by atoms with E-state index in [1.165, 1.54) is 6.33 Å². The molecule has 7 heteroatoms. The van der Waals surface area contributed by atoms with E-state index in [-0.39, 0.29) is 0 Å². The lowest BCUT2D eigenvalue weighted by Gasteiger charge is -2.11. The molecule has 2 aromatic heterocycles. The van der Waals surface area contributed by atoms with E-state index in [0.29, 0.717) is 17.4 Å². The first-order chi connectivity index (χ1) is 10.2. The van der Waals surface area contributed by atoms with Crippen molar-refractivity contribution >= 4 is 21.7 Å². The van der Waals surface area contributed by atoms with Crippen LogP contribution < -0.4 is 10.1 Å². The molecule has 2 heterocycles. The average molecular weight is 352 g/mol. The van der Waals surface area contributed by atoms with Crippen LogP contribution in [0.1, 0.15) is 26.0 Å². The number of hydrogen-bond donors (Lipinski definition) is 1. The van der Waals surface area contributed by atoms with Crippen molar-refractivity contribution in [2.45, 2.75) is 26.7 Å². The summed E-state index contributed by atoms with van der Waals surface area (Å²) < 4.78 is 6.03. The van der Waals surface area contributed by atoms with E-state index in [1.54, 1.807) is 13.2 Å². The molecule has 0 aliphatic carbocycles. The van der Waals surface area contributed by atoms with Gasteiger partial charge in [-0.3, -0.25) is 0 Å². The zero-order chi connectivity index (χ0) is 15.2. The van der Waals surface area contributed by atoms with E-state index < -0.39 is 0 Å². The number of aryl methyl sites for hydroxylation is 1. The molecule has 0 radical (unpaired) electrons. The summed E-state index contributed by atoms with van der Waals surface area (Å²) in [6.45, 7) is 5.02. The minimum atomic E-state index is 0.493. The number of anilines is 1. The van der Waals surface area contributed by atoms with Crippen molar-refractivity contribution in [2.24, 2.45) is 0 Å². The Labute approximate surface area is 132 Å². The van der Waals surface area contributed by atoms with Crippen molar-refractivity contribution in [2.75, 3.05) is 19.0 Å². The molecule has 2 rings (SSSR count). The first-order valence-corrected chi connectivity index (χ1v) is 7.65. The van der Waals surface area contributed by atoms with E-state index in [1.807, 2.05) is 0 Å². The van der Waals surface area contributed by atoms with E-state index in [2.05, 4.69) is 55.0 Å². The van der Waals surface area contributed by atoms with Gasteiger partial charge in [0.25, 0.3) is 0 Å². The summed E-state index contributed by atoms with van der Waals surface area (Å²) in [4.78, 5) is 17.3. The van der Waals surface area contributed by atoms with Crippen molar-refractivity contribution < 1.29 is 4.74 Å². The van der Waals surface area contributed by atoms with E-state index in [0.717, 1.165) is 35.4 Å². The molecule has 0 aliphatic heterocycles. The van der Waals surface area contributed by atoms with Crippen LogP contribution in [0.4, 0.5) is 5.82 Å². The standard InChI is InChI=1S/C14H18BrN5O/c1-4-6-16-14-12(15)9(5-2)19-13(20-14)10-7-11(21-3)18-8-17-10/h7-8H,4-6H2,1-3H3,(H,16,19,20). The smallest absolute Gasteiger partial charge is 0.216 e. The molecular weight excluding hydrogens is 334 g/mol. The number of hydrogen-bond acceptors (Lipinski definition) is 6. The summed E-state index contributed by atoms with van der Waals surface area (Å²) >= 11 is 3.56. The first-order valence-electron chi connectivity index (χ1n) is 6.86. The van der Waals surface area contributed by atoms with Gasteiger partial charge >= 0.3 is 0 Å². The van der Waals surface area contributed by atoms with Crippen LogP contribution in [0.2, 0.25) is 0 Å². The maximum Gasteiger partial charge on any atom is 0.216 e. The Balaban J connectivity index is 2.47. The Morgan fingerprint density at radius 2 is 2.05 bits per heavy atom. The SMILES string of the molecule is CCCNc1nc(-c2cc(OC)ncn2)nc(CC)c1Br. The first kappa shape index (κ1) is 15.6. The van der Waals surface area contributed by atoms with Gasteiger partial charge in [0, 0.05) is 12.6 Å². The van der Waals surface area contributed by atoms with Crippen molar-refractivity contribution in [1.29, 1.82) is 0 Å². The van der Waals surface area contributed by atoms with Crippen LogP contribution in [0.5, 0.6) is 5.88 Å². The number of halogens is 1. The van der Waals surface area contributed by atoms with Crippen molar-refractivity contribution in [3.8, 4) is 17.4 Å². The van der Waals surface area contributed by atoms with Crippen LogP contribution in [-0.2, 0) is 6.42 Å². The predicted molar refractivity (Wildman–Crippen MR) is 85.5 cm³/mol. The van der Waals surface area contributed by atoms with Gasteiger partial charge in [-0.1, -0.05) is 13.8 Å². The second-order valence-electron chi connectivity index (χ2n) is 4.38. The molecule has 0 saturated heterocycles. The van der Waals surface area contributed by atoms with Gasteiger partial charge in [-0.15, -0.1) is 0 Å². The summed E-state index contributed by atoms with van der Waals surface area (Å²) in [6.07, 6.45) is 3.28. The topological polar surface area (TPSA) is 72.8 Å².